The number of likely N-dealkylation sites (N-methyl/N-ethyl adjacent to an activating group) is 1. The molecule has 1 saturated carbocycles. The lowest BCUT2D eigenvalue weighted by Gasteiger charge is -2.21. The highest BCUT2D eigenvalue weighted by atomic mass is 19.4. The number of nitrogens with zero attached hydrogens (tertiary/aromatic N) is 3. The third kappa shape index (κ3) is 5.71. The number of carbonyl (C=O) groups is 1. The zero-order valence-electron chi connectivity index (χ0n) is 20.2. The Hall–Kier alpha value is -3.37. The van der Waals surface area contributed by atoms with Gasteiger partial charge in [-0.05, 0) is 80.2 Å². The second kappa shape index (κ2) is 10.3. The number of aliphatic hydroxyl groups is 1. The number of aromatic nitrogens is 2. The molecule has 1 heterocycles. The van der Waals surface area contributed by atoms with E-state index in [0.717, 1.165) is 36.6 Å². The molecule has 2 N–H and O–H groups in total. The normalized spacial score (nSPS) is 14.6. The highest BCUT2D eigenvalue weighted by Crippen LogP contribution is 2.51. The number of ether oxygens (including phenoxy) is 1. The number of methoxy groups -OCH3 is 1. The SMILES string of the molecule is COc1ccc(-n2nc(C(F)(F)F)cc2C(=O)Nc2ccc(C3(CCN(C)CCO)CC3)cc2)cc1. The fourth-order valence-electron chi connectivity index (χ4n) is 4.23. The second-order valence-electron chi connectivity index (χ2n) is 9.11. The van der Waals surface area contributed by atoms with Gasteiger partial charge >= 0.3 is 6.18 Å². The summed E-state index contributed by atoms with van der Waals surface area (Å²) in [7, 11) is 3.46. The molecule has 192 valence electrons. The minimum Gasteiger partial charge on any atom is -0.497 e. The molecule has 1 amide bonds. The Morgan fingerprint density at radius 1 is 1.14 bits per heavy atom. The van der Waals surface area contributed by atoms with Crippen molar-refractivity contribution in [3.05, 3.63) is 71.5 Å². The van der Waals surface area contributed by atoms with Gasteiger partial charge in [-0.1, -0.05) is 12.1 Å². The van der Waals surface area contributed by atoms with Gasteiger partial charge in [-0.2, -0.15) is 18.3 Å². The molecule has 0 aliphatic heterocycles. The van der Waals surface area contributed by atoms with Crippen molar-refractivity contribution in [2.24, 2.45) is 0 Å². The highest BCUT2D eigenvalue weighted by molar-refractivity contribution is 6.03. The molecule has 3 aromatic rings. The summed E-state index contributed by atoms with van der Waals surface area (Å²) in [4.78, 5) is 15.1. The molecule has 7 nitrogen and oxygen atoms in total. The minimum absolute atomic E-state index is 0.0981. The van der Waals surface area contributed by atoms with E-state index in [1.54, 1.807) is 24.3 Å². The molecule has 0 spiro atoms. The molecule has 10 heteroatoms. The third-order valence-corrected chi connectivity index (χ3v) is 6.61. The van der Waals surface area contributed by atoms with E-state index in [1.165, 1.54) is 24.8 Å². The Morgan fingerprint density at radius 2 is 1.81 bits per heavy atom. The van der Waals surface area contributed by atoms with Crippen LogP contribution in [0.1, 0.15) is 41.0 Å². The predicted octanol–water partition coefficient (Wildman–Crippen LogP) is 4.50. The van der Waals surface area contributed by atoms with Crippen molar-refractivity contribution in [1.82, 2.24) is 14.7 Å². The molecular weight excluding hydrogens is 473 g/mol. The van der Waals surface area contributed by atoms with Gasteiger partial charge in [0.1, 0.15) is 11.4 Å². The Morgan fingerprint density at radius 3 is 2.36 bits per heavy atom. The second-order valence-corrected chi connectivity index (χ2v) is 9.11. The molecule has 1 aromatic heterocycles. The van der Waals surface area contributed by atoms with Crippen LogP contribution in [0.2, 0.25) is 0 Å². The number of aliphatic hydroxyl groups excluding tert-OH is 1. The van der Waals surface area contributed by atoms with Crippen LogP contribution in [-0.2, 0) is 11.6 Å². The summed E-state index contributed by atoms with van der Waals surface area (Å²) < 4.78 is 46.2. The summed E-state index contributed by atoms with van der Waals surface area (Å²) in [5.74, 6) is -0.171. The van der Waals surface area contributed by atoms with Gasteiger partial charge in [-0.3, -0.25) is 4.79 Å². The molecule has 0 atom stereocenters. The molecule has 1 fully saturated rings. The Balaban J connectivity index is 1.51. The lowest BCUT2D eigenvalue weighted by atomic mass is 9.92. The maximum Gasteiger partial charge on any atom is 0.435 e. The molecule has 2 aromatic carbocycles. The van der Waals surface area contributed by atoms with Crippen LogP contribution in [0.25, 0.3) is 5.69 Å². The number of hydrogen-bond acceptors (Lipinski definition) is 5. The summed E-state index contributed by atoms with van der Waals surface area (Å²) in [6.45, 7) is 1.62. The first-order valence-corrected chi connectivity index (χ1v) is 11.7. The lowest BCUT2D eigenvalue weighted by Crippen LogP contribution is -2.26. The van der Waals surface area contributed by atoms with Gasteiger partial charge in [0.15, 0.2) is 5.69 Å². The summed E-state index contributed by atoms with van der Waals surface area (Å²) in [6.07, 6.45) is -1.57. The van der Waals surface area contributed by atoms with Gasteiger partial charge in [0.2, 0.25) is 0 Å². The topological polar surface area (TPSA) is 79.6 Å². The van der Waals surface area contributed by atoms with Crippen molar-refractivity contribution >= 4 is 11.6 Å². The summed E-state index contributed by atoms with van der Waals surface area (Å²) >= 11 is 0. The summed E-state index contributed by atoms with van der Waals surface area (Å²) in [5.41, 5.74) is 0.658. The van der Waals surface area contributed by atoms with E-state index >= 15 is 0 Å². The number of rotatable bonds is 10. The fraction of sp³-hybridized carbons (Fsp3) is 0.385. The Bertz CT molecular complexity index is 1190. The smallest absolute Gasteiger partial charge is 0.435 e. The molecule has 0 bridgehead atoms. The molecule has 0 radical (unpaired) electrons. The number of anilines is 1. The maximum absolute atomic E-state index is 13.4. The van der Waals surface area contributed by atoms with Crippen LogP contribution in [0.5, 0.6) is 5.75 Å². The van der Waals surface area contributed by atoms with E-state index in [9.17, 15) is 18.0 Å². The van der Waals surface area contributed by atoms with Crippen LogP contribution in [-0.4, -0.2) is 59.5 Å². The number of alkyl halides is 3. The number of halogens is 3. The molecule has 4 rings (SSSR count). The molecule has 0 saturated heterocycles. The average Bonchev–Trinajstić information content (AvgIpc) is 3.50. The van der Waals surface area contributed by atoms with Crippen LogP contribution in [0, 0.1) is 0 Å². The van der Waals surface area contributed by atoms with Gasteiger partial charge in [0, 0.05) is 18.3 Å². The lowest BCUT2D eigenvalue weighted by molar-refractivity contribution is -0.141. The monoisotopic (exact) mass is 502 g/mol. The van der Waals surface area contributed by atoms with E-state index in [2.05, 4.69) is 15.3 Å². The Labute approximate surface area is 207 Å². The van der Waals surface area contributed by atoms with E-state index in [4.69, 9.17) is 9.84 Å². The average molecular weight is 503 g/mol. The van der Waals surface area contributed by atoms with Crippen LogP contribution >= 0.6 is 0 Å². The van der Waals surface area contributed by atoms with Crippen LogP contribution < -0.4 is 10.1 Å². The molecule has 0 unspecified atom stereocenters. The Kier molecular flexibility index (Phi) is 7.37. The van der Waals surface area contributed by atoms with Crippen molar-refractivity contribution in [3.8, 4) is 11.4 Å². The van der Waals surface area contributed by atoms with Gasteiger partial charge in [-0.25, -0.2) is 4.68 Å². The van der Waals surface area contributed by atoms with Gasteiger partial charge < -0.3 is 20.1 Å². The van der Waals surface area contributed by atoms with Crippen LogP contribution in [0.4, 0.5) is 18.9 Å². The zero-order chi connectivity index (χ0) is 25.9. The quantitative estimate of drug-likeness (QED) is 0.427. The van der Waals surface area contributed by atoms with Crippen LogP contribution in [0.3, 0.4) is 0 Å². The number of nitrogens with one attached hydrogen (secondary N) is 1. The molecule has 1 aliphatic carbocycles. The van der Waals surface area contributed by atoms with Crippen molar-refractivity contribution < 1.29 is 27.8 Å². The first-order valence-electron chi connectivity index (χ1n) is 11.7. The third-order valence-electron chi connectivity index (χ3n) is 6.61. The van der Waals surface area contributed by atoms with Crippen LogP contribution in [0.15, 0.2) is 54.6 Å². The number of amides is 1. The van der Waals surface area contributed by atoms with E-state index in [-0.39, 0.29) is 17.7 Å². The standard InChI is InChI=1S/C26H29F3N4O3/c1-32(15-16-34)14-13-25(11-12-25)18-3-5-19(6-4-18)30-24(35)22-17-23(26(27,28)29)31-33(22)20-7-9-21(36-2)10-8-20/h3-10,17,34H,11-16H2,1-2H3,(H,30,35). The van der Waals surface area contributed by atoms with Crippen molar-refractivity contribution in [2.75, 3.05) is 39.2 Å². The number of benzene rings is 2. The van der Waals surface area contributed by atoms with Gasteiger partial charge in [0.05, 0.1) is 19.4 Å². The summed E-state index contributed by atoms with van der Waals surface area (Å²) in [6, 6.07) is 14.4. The summed E-state index contributed by atoms with van der Waals surface area (Å²) in [5, 5.41) is 15.4. The van der Waals surface area contributed by atoms with Crippen molar-refractivity contribution in [3.63, 3.8) is 0 Å². The molecular formula is C26H29F3N4O3. The first kappa shape index (κ1) is 25.7. The first-order chi connectivity index (χ1) is 17.1. The largest absolute Gasteiger partial charge is 0.497 e. The zero-order valence-corrected chi connectivity index (χ0v) is 20.2. The van der Waals surface area contributed by atoms with Crippen molar-refractivity contribution in [2.45, 2.75) is 30.9 Å². The molecule has 36 heavy (non-hydrogen) atoms. The molecule has 1 aliphatic rings. The van der Waals surface area contributed by atoms with E-state index in [0.29, 0.717) is 23.7 Å². The predicted molar refractivity (Wildman–Crippen MR) is 130 cm³/mol. The van der Waals surface area contributed by atoms with Gasteiger partial charge in [-0.15, -0.1) is 0 Å². The maximum atomic E-state index is 13.4. The number of hydrogen-bond donors (Lipinski definition) is 2. The highest BCUT2D eigenvalue weighted by Gasteiger charge is 2.43. The van der Waals surface area contributed by atoms with Crippen molar-refractivity contribution in [1.29, 1.82) is 0 Å². The van der Waals surface area contributed by atoms with Gasteiger partial charge in [0.25, 0.3) is 5.91 Å². The minimum atomic E-state index is -4.70. The van der Waals surface area contributed by atoms with E-state index < -0.39 is 17.8 Å². The number of carbonyl (C=O) groups excluding carboxylic acids is 1. The fourth-order valence-corrected chi connectivity index (χ4v) is 4.23. The van der Waals surface area contributed by atoms with E-state index in [1.807, 2.05) is 19.2 Å².